The van der Waals surface area contributed by atoms with E-state index in [2.05, 4.69) is 5.32 Å². The molecule has 2 saturated heterocycles. The van der Waals surface area contributed by atoms with Crippen molar-refractivity contribution in [2.75, 3.05) is 23.3 Å². The zero-order valence-electron chi connectivity index (χ0n) is 14.6. The molecule has 0 aromatic heterocycles. The van der Waals surface area contributed by atoms with Crippen LogP contribution in [-0.2, 0) is 9.47 Å². The molecule has 1 aromatic rings. The Kier molecular flexibility index (Phi) is 4.56. The molecule has 134 valence electrons. The van der Waals surface area contributed by atoms with Crippen molar-refractivity contribution in [3.63, 3.8) is 0 Å². The van der Waals surface area contributed by atoms with Gasteiger partial charge in [0.15, 0.2) is 0 Å². The summed E-state index contributed by atoms with van der Waals surface area (Å²) in [4.78, 5) is 14.0. The molecule has 0 aliphatic carbocycles. The summed E-state index contributed by atoms with van der Waals surface area (Å²) in [7, 11) is 0. The second-order valence-electron chi connectivity index (χ2n) is 7.45. The van der Waals surface area contributed by atoms with E-state index in [1.807, 2.05) is 11.0 Å². The molecule has 2 aliphatic rings. The number of nitriles is 1. The summed E-state index contributed by atoms with van der Waals surface area (Å²) in [5, 5.41) is 11.8. The Morgan fingerprint density at radius 1 is 1.36 bits per heavy atom. The van der Waals surface area contributed by atoms with Crippen molar-refractivity contribution in [2.45, 2.75) is 51.4 Å². The normalized spacial score (nSPS) is 22.4. The Labute approximate surface area is 146 Å². The van der Waals surface area contributed by atoms with Gasteiger partial charge in [0.2, 0.25) is 0 Å². The Hall–Kier alpha value is -2.33. The monoisotopic (exact) mass is 347 g/mol. The molecular formula is C18H22FN3O3. The lowest BCUT2D eigenvalue weighted by molar-refractivity contribution is 0.0304. The number of anilines is 2. The average molecular weight is 347 g/mol. The molecule has 0 saturated carbocycles. The largest absolute Gasteiger partial charge is 0.444 e. The van der Waals surface area contributed by atoms with Crippen LogP contribution in [0.3, 0.4) is 0 Å². The van der Waals surface area contributed by atoms with E-state index in [4.69, 9.17) is 9.47 Å². The number of hydrogen-bond acceptors (Lipinski definition) is 5. The van der Waals surface area contributed by atoms with Crippen LogP contribution in [-0.4, -0.2) is 37.0 Å². The summed E-state index contributed by atoms with van der Waals surface area (Å²) in [6.07, 6.45) is 1.53. The lowest BCUT2D eigenvalue weighted by Crippen LogP contribution is -2.43. The van der Waals surface area contributed by atoms with E-state index in [0.29, 0.717) is 18.8 Å². The van der Waals surface area contributed by atoms with E-state index in [0.717, 1.165) is 18.9 Å². The Balaban J connectivity index is 1.85. The molecule has 1 amide bonds. The van der Waals surface area contributed by atoms with E-state index in [9.17, 15) is 14.4 Å². The molecule has 6 nitrogen and oxygen atoms in total. The van der Waals surface area contributed by atoms with E-state index in [-0.39, 0.29) is 23.5 Å². The van der Waals surface area contributed by atoms with Crippen molar-refractivity contribution in [1.82, 2.24) is 0 Å². The first-order valence-corrected chi connectivity index (χ1v) is 8.39. The summed E-state index contributed by atoms with van der Waals surface area (Å²) < 4.78 is 25.3. The van der Waals surface area contributed by atoms with Crippen molar-refractivity contribution < 1.29 is 18.7 Å². The third kappa shape index (κ3) is 4.02. The maximum absolute atomic E-state index is 14.3. The van der Waals surface area contributed by atoms with Gasteiger partial charge in [-0.1, -0.05) is 0 Å². The predicted octanol–water partition coefficient (Wildman–Crippen LogP) is 3.41. The van der Waals surface area contributed by atoms with Crippen molar-refractivity contribution in [1.29, 1.82) is 5.26 Å². The fourth-order valence-corrected chi connectivity index (χ4v) is 3.23. The highest BCUT2D eigenvalue weighted by Crippen LogP contribution is 2.33. The first-order valence-electron chi connectivity index (χ1n) is 8.39. The first kappa shape index (κ1) is 17.5. The van der Waals surface area contributed by atoms with Gasteiger partial charge < -0.3 is 14.4 Å². The highest BCUT2D eigenvalue weighted by atomic mass is 19.1. The van der Waals surface area contributed by atoms with Gasteiger partial charge in [0.1, 0.15) is 17.5 Å². The van der Waals surface area contributed by atoms with Crippen LogP contribution in [0, 0.1) is 17.1 Å². The van der Waals surface area contributed by atoms with Crippen LogP contribution in [0.1, 0.15) is 39.2 Å². The van der Waals surface area contributed by atoms with Gasteiger partial charge in [-0.3, -0.25) is 5.32 Å². The van der Waals surface area contributed by atoms with Crippen LogP contribution in [0.5, 0.6) is 0 Å². The predicted molar refractivity (Wildman–Crippen MR) is 91.1 cm³/mol. The molecule has 7 heteroatoms. The number of carbonyl (C=O) groups is 1. The molecule has 2 heterocycles. The van der Waals surface area contributed by atoms with Gasteiger partial charge >= 0.3 is 6.09 Å². The van der Waals surface area contributed by atoms with Crippen LogP contribution in [0.15, 0.2) is 12.1 Å². The van der Waals surface area contributed by atoms with E-state index >= 15 is 0 Å². The standard InChI is InChI=1S/C18H22FN3O3/c1-18(2,3)25-17(23)21-15-7-16(11(8-20)6-14(15)19)22-9-12-4-5-13(10-22)24-12/h6-7,12-13H,4-5,9-10H2,1-3H3,(H,21,23). The van der Waals surface area contributed by atoms with Crippen molar-refractivity contribution in [3.05, 3.63) is 23.5 Å². The molecule has 3 rings (SSSR count). The molecule has 25 heavy (non-hydrogen) atoms. The Morgan fingerprint density at radius 3 is 2.56 bits per heavy atom. The number of benzene rings is 1. The minimum Gasteiger partial charge on any atom is -0.444 e. The third-order valence-corrected chi connectivity index (χ3v) is 4.23. The lowest BCUT2D eigenvalue weighted by atomic mass is 10.1. The zero-order chi connectivity index (χ0) is 18.2. The van der Waals surface area contributed by atoms with Gasteiger partial charge in [-0.2, -0.15) is 5.26 Å². The number of rotatable bonds is 2. The van der Waals surface area contributed by atoms with Crippen molar-refractivity contribution >= 4 is 17.5 Å². The van der Waals surface area contributed by atoms with E-state index in [1.54, 1.807) is 20.8 Å². The van der Waals surface area contributed by atoms with Gasteiger partial charge in [0.25, 0.3) is 0 Å². The van der Waals surface area contributed by atoms with E-state index < -0.39 is 17.5 Å². The van der Waals surface area contributed by atoms with Crippen LogP contribution in [0.25, 0.3) is 0 Å². The summed E-state index contributed by atoms with van der Waals surface area (Å²) in [6, 6.07) is 4.69. The maximum Gasteiger partial charge on any atom is 0.412 e. The number of hydrogen-bond donors (Lipinski definition) is 1. The minimum absolute atomic E-state index is 0.00193. The fourth-order valence-electron chi connectivity index (χ4n) is 3.23. The van der Waals surface area contributed by atoms with E-state index in [1.165, 1.54) is 6.07 Å². The average Bonchev–Trinajstić information content (AvgIpc) is 2.85. The van der Waals surface area contributed by atoms with Crippen LogP contribution >= 0.6 is 0 Å². The molecule has 2 fully saturated rings. The third-order valence-electron chi connectivity index (χ3n) is 4.23. The first-order chi connectivity index (χ1) is 11.7. The number of ether oxygens (including phenoxy) is 2. The van der Waals surface area contributed by atoms with Gasteiger partial charge in [-0.15, -0.1) is 0 Å². The number of nitrogens with one attached hydrogen (secondary N) is 1. The smallest absolute Gasteiger partial charge is 0.412 e. The van der Waals surface area contributed by atoms with Crippen molar-refractivity contribution in [2.24, 2.45) is 0 Å². The van der Waals surface area contributed by atoms with Gasteiger partial charge in [0, 0.05) is 13.1 Å². The molecule has 2 aliphatic heterocycles. The van der Waals surface area contributed by atoms with Crippen LogP contribution in [0.4, 0.5) is 20.6 Å². The molecular weight excluding hydrogens is 325 g/mol. The SMILES string of the molecule is CC(C)(C)OC(=O)Nc1cc(N2CC3CCC(C2)O3)c(C#N)cc1F. The summed E-state index contributed by atoms with van der Waals surface area (Å²) in [5.74, 6) is -0.664. The highest BCUT2D eigenvalue weighted by Gasteiger charge is 2.34. The van der Waals surface area contributed by atoms with Gasteiger partial charge in [0.05, 0.1) is 29.1 Å². The number of halogens is 1. The highest BCUT2D eigenvalue weighted by molar-refractivity contribution is 5.86. The number of nitrogens with zero attached hydrogens (tertiary/aromatic N) is 2. The second kappa shape index (κ2) is 6.52. The number of morpholine rings is 1. The maximum atomic E-state index is 14.3. The summed E-state index contributed by atoms with van der Waals surface area (Å²) in [6.45, 7) is 6.51. The minimum atomic E-state index is -0.732. The molecule has 2 atom stereocenters. The summed E-state index contributed by atoms with van der Waals surface area (Å²) >= 11 is 0. The molecule has 0 spiro atoms. The fraction of sp³-hybridized carbons (Fsp3) is 0.556. The number of fused-ring (bicyclic) bond motifs is 2. The number of amides is 1. The number of carbonyl (C=O) groups excluding carboxylic acids is 1. The molecule has 2 bridgehead atoms. The quantitative estimate of drug-likeness (QED) is 0.887. The van der Waals surface area contributed by atoms with Crippen LogP contribution < -0.4 is 10.2 Å². The second-order valence-corrected chi connectivity index (χ2v) is 7.45. The van der Waals surface area contributed by atoms with Gasteiger partial charge in [-0.05, 0) is 45.7 Å². The Morgan fingerprint density at radius 2 is 2.00 bits per heavy atom. The molecule has 1 N–H and O–H groups in total. The Bertz CT molecular complexity index is 712. The molecule has 2 unspecified atom stereocenters. The van der Waals surface area contributed by atoms with Gasteiger partial charge in [-0.25, -0.2) is 9.18 Å². The summed E-state index contributed by atoms with van der Waals surface area (Å²) in [5.41, 5.74) is 0.171. The molecule has 0 radical (unpaired) electrons. The zero-order valence-corrected chi connectivity index (χ0v) is 14.6. The van der Waals surface area contributed by atoms with Crippen LogP contribution in [0.2, 0.25) is 0 Å². The molecule has 1 aromatic carbocycles. The lowest BCUT2D eigenvalue weighted by Gasteiger charge is -2.34. The van der Waals surface area contributed by atoms with Crippen molar-refractivity contribution in [3.8, 4) is 6.07 Å². The topological polar surface area (TPSA) is 74.6 Å².